The van der Waals surface area contributed by atoms with Crippen LogP contribution in [0.15, 0.2) is 4.99 Å². The van der Waals surface area contributed by atoms with Crippen LogP contribution in [-0.2, 0) is 4.74 Å². The average Bonchev–Trinajstić information content (AvgIpc) is 2.76. The molecule has 3 saturated heterocycles. The molecule has 0 aromatic carbocycles. The lowest BCUT2D eigenvalue weighted by Gasteiger charge is -2.33. The van der Waals surface area contributed by atoms with E-state index in [1.165, 1.54) is 36.9 Å². The first-order valence-corrected chi connectivity index (χ1v) is 7.99. The molecule has 5 heteroatoms. The third kappa shape index (κ3) is 2.83. The van der Waals surface area contributed by atoms with E-state index in [2.05, 4.69) is 17.3 Å². The number of hydrogen-bond donors (Lipinski definition) is 1. The number of thioether (sulfide) groups is 1. The van der Waals surface area contributed by atoms with E-state index in [9.17, 15) is 0 Å². The summed E-state index contributed by atoms with van der Waals surface area (Å²) in [5.41, 5.74) is 0.285. The summed E-state index contributed by atoms with van der Waals surface area (Å²) in [6, 6.07) is 0.534. The molecule has 0 atom stereocenters. The summed E-state index contributed by atoms with van der Waals surface area (Å²) in [5, 5.41) is 4.87. The van der Waals surface area contributed by atoms with Crippen LogP contribution in [0.2, 0.25) is 0 Å². The molecule has 0 amide bonds. The van der Waals surface area contributed by atoms with Gasteiger partial charge in [-0.3, -0.25) is 4.99 Å². The highest BCUT2D eigenvalue weighted by Crippen LogP contribution is 2.32. The Hall–Kier alpha value is -0.260. The van der Waals surface area contributed by atoms with Crippen LogP contribution < -0.4 is 5.32 Å². The number of rotatable bonds is 1. The summed E-state index contributed by atoms with van der Waals surface area (Å²) < 4.78 is 5.46. The molecule has 0 aromatic rings. The van der Waals surface area contributed by atoms with Gasteiger partial charge < -0.3 is 15.0 Å². The second-order valence-electron chi connectivity index (χ2n) is 5.78. The predicted molar refractivity (Wildman–Crippen MR) is 76.3 cm³/mol. The van der Waals surface area contributed by atoms with E-state index in [0.717, 1.165) is 26.1 Å². The van der Waals surface area contributed by atoms with Gasteiger partial charge in [-0.15, -0.1) is 0 Å². The number of piperidine rings is 1. The number of nitrogens with zero attached hydrogens (tertiary/aromatic N) is 2. The largest absolute Gasteiger partial charge is 0.381 e. The Morgan fingerprint density at radius 2 is 2.06 bits per heavy atom. The molecule has 0 aliphatic carbocycles. The maximum absolute atomic E-state index is 5.46. The van der Waals surface area contributed by atoms with Gasteiger partial charge in [0.25, 0.3) is 0 Å². The third-order valence-electron chi connectivity index (χ3n) is 4.30. The van der Waals surface area contributed by atoms with Crippen LogP contribution in [0.4, 0.5) is 0 Å². The normalized spacial score (nSPS) is 31.9. The predicted octanol–water partition coefficient (Wildman–Crippen LogP) is 1.32. The van der Waals surface area contributed by atoms with Crippen molar-refractivity contribution in [2.75, 3.05) is 39.1 Å². The van der Waals surface area contributed by atoms with Gasteiger partial charge in [0, 0.05) is 19.0 Å². The molecular weight excluding hydrogens is 246 g/mol. The van der Waals surface area contributed by atoms with E-state index >= 15 is 0 Å². The van der Waals surface area contributed by atoms with Crippen molar-refractivity contribution < 1.29 is 4.74 Å². The highest BCUT2D eigenvalue weighted by atomic mass is 32.2. The molecule has 0 bridgehead atoms. The Bertz CT molecular complexity index is 320. The van der Waals surface area contributed by atoms with Gasteiger partial charge in [-0.05, 0) is 45.8 Å². The molecule has 3 heterocycles. The number of aliphatic imine (C=N–C) groups is 1. The highest BCUT2D eigenvalue weighted by molar-refractivity contribution is 8.14. The molecule has 1 spiro atoms. The van der Waals surface area contributed by atoms with Crippen LogP contribution in [0.5, 0.6) is 0 Å². The van der Waals surface area contributed by atoms with Crippen molar-refractivity contribution in [3.05, 3.63) is 0 Å². The molecule has 4 nitrogen and oxygen atoms in total. The fraction of sp³-hybridized carbons (Fsp3) is 0.923. The van der Waals surface area contributed by atoms with Crippen LogP contribution in [0.3, 0.4) is 0 Å². The van der Waals surface area contributed by atoms with Crippen molar-refractivity contribution >= 4 is 16.9 Å². The van der Waals surface area contributed by atoms with Crippen molar-refractivity contribution in [1.29, 1.82) is 0 Å². The SMILES string of the molecule is CN1CCC(N=C2NC3(CCOCC3)CS2)CC1. The Morgan fingerprint density at radius 3 is 2.78 bits per heavy atom. The first-order valence-electron chi connectivity index (χ1n) is 7.01. The zero-order valence-electron chi connectivity index (χ0n) is 11.2. The number of ether oxygens (including phenoxy) is 1. The van der Waals surface area contributed by atoms with Gasteiger partial charge in [-0.1, -0.05) is 11.8 Å². The third-order valence-corrected chi connectivity index (χ3v) is 5.47. The van der Waals surface area contributed by atoms with Crippen LogP contribution in [-0.4, -0.2) is 60.8 Å². The summed E-state index contributed by atoms with van der Waals surface area (Å²) in [6.07, 6.45) is 4.68. The lowest BCUT2D eigenvalue weighted by molar-refractivity contribution is 0.0555. The summed E-state index contributed by atoms with van der Waals surface area (Å²) in [7, 11) is 2.20. The maximum atomic E-state index is 5.46. The van der Waals surface area contributed by atoms with Crippen LogP contribution in [0, 0.1) is 0 Å². The summed E-state index contributed by atoms with van der Waals surface area (Å²) in [5.74, 6) is 1.17. The summed E-state index contributed by atoms with van der Waals surface area (Å²) >= 11 is 1.91. The Kier molecular flexibility index (Phi) is 3.82. The molecule has 1 N–H and O–H groups in total. The van der Waals surface area contributed by atoms with E-state index in [1.54, 1.807) is 0 Å². The van der Waals surface area contributed by atoms with E-state index < -0.39 is 0 Å². The van der Waals surface area contributed by atoms with Gasteiger partial charge in [0.15, 0.2) is 5.17 Å². The Morgan fingerprint density at radius 1 is 1.33 bits per heavy atom. The smallest absolute Gasteiger partial charge is 0.157 e. The molecule has 3 fully saturated rings. The van der Waals surface area contributed by atoms with Gasteiger partial charge >= 0.3 is 0 Å². The molecule has 0 saturated carbocycles. The Balaban J connectivity index is 1.57. The van der Waals surface area contributed by atoms with Crippen molar-refractivity contribution in [1.82, 2.24) is 10.2 Å². The lowest BCUT2D eigenvalue weighted by atomic mass is 9.93. The van der Waals surface area contributed by atoms with Crippen molar-refractivity contribution in [2.24, 2.45) is 4.99 Å². The summed E-state index contributed by atoms with van der Waals surface area (Å²) in [4.78, 5) is 7.31. The second kappa shape index (κ2) is 5.39. The minimum absolute atomic E-state index is 0.285. The molecular formula is C13H23N3OS. The summed E-state index contributed by atoms with van der Waals surface area (Å²) in [6.45, 7) is 4.17. The first-order chi connectivity index (χ1) is 8.76. The zero-order valence-corrected chi connectivity index (χ0v) is 12.0. The van der Waals surface area contributed by atoms with E-state index in [-0.39, 0.29) is 5.54 Å². The van der Waals surface area contributed by atoms with Crippen molar-refractivity contribution in [2.45, 2.75) is 37.3 Å². The average molecular weight is 269 g/mol. The Labute approximate surface area is 114 Å². The molecule has 0 radical (unpaired) electrons. The minimum atomic E-state index is 0.285. The van der Waals surface area contributed by atoms with Gasteiger partial charge in [-0.2, -0.15) is 0 Å². The van der Waals surface area contributed by atoms with Crippen LogP contribution >= 0.6 is 11.8 Å². The first kappa shape index (κ1) is 12.8. The zero-order chi connectivity index (χ0) is 12.4. The van der Waals surface area contributed by atoms with Gasteiger partial charge in [0.2, 0.25) is 0 Å². The number of amidine groups is 1. The molecule has 18 heavy (non-hydrogen) atoms. The molecule has 3 aliphatic heterocycles. The van der Waals surface area contributed by atoms with Gasteiger partial charge in [-0.25, -0.2) is 0 Å². The van der Waals surface area contributed by atoms with Gasteiger partial charge in [0.05, 0.1) is 11.6 Å². The molecule has 0 aromatic heterocycles. The monoisotopic (exact) mass is 269 g/mol. The second-order valence-corrected chi connectivity index (χ2v) is 6.74. The standard InChI is InChI=1S/C13H23N3OS/c1-16-6-2-11(3-7-16)14-12-15-13(10-18-12)4-8-17-9-5-13/h11H,2-10H2,1H3,(H,14,15). The molecule has 3 rings (SSSR count). The van der Waals surface area contributed by atoms with E-state index in [1.807, 2.05) is 11.8 Å². The number of likely N-dealkylation sites (tertiary alicyclic amines) is 1. The lowest BCUT2D eigenvalue weighted by Crippen LogP contribution is -2.48. The molecule has 0 unspecified atom stereocenters. The number of hydrogen-bond acceptors (Lipinski definition) is 4. The molecule has 3 aliphatic rings. The fourth-order valence-electron chi connectivity index (χ4n) is 2.90. The van der Waals surface area contributed by atoms with Crippen molar-refractivity contribution in [3.8, 4) is 0 Å². The number of nitrogens with one attached hydrogen (secondary N) is 1. The highest BCUT2D eigenvalue weighted by Gasteiger charge is 2.38. The molecule has 102 valence electrons. The van der Waals surface area contributed by atoms with Crippen LogP contribution in [0.25, 0.3) is 0 Å². The fourth-order valence-corrected chi connectivity index (χ4v) is 4.18. The minimum Gasteiger partial charge on any atom is -0.381 e. The van der Waals surface area contributed by atoms with Crippen LogP contribution in [0.1, 0.15) is 25.7 Å². The topological polar surface area (TPSA) is 36.9 Å². The van der Waals surface area contributed by atoms with Crippen molar-refractivity contribution in [3.63, 3.8) is 0 Å². The quantitative estimate of drug-likeness (QED) is 0.779. The van der Waals surface area contributed by atoms with E-state index in [4.69, 9.17) is 9.73 Å². The maximum Gasteiger partial charge on any atom is 0.157 e. The van der Waals surface area contributed by atoms with E-state index in [0.29, 0.717) is 6.04 Å². The van der Waals surface area contributed by atoms with Gasteiger partial charge in [0.1, 0.15) is 0 Å².